The summed E-state index contributed by atoms with van der Waals surface area (Å²) in [4.78, 5) is 2.40. The molecular formula is C16H20N2O. The lowest BCUT2D eigenvalue weighted by Crippen LogP contribution is -2.55. The van der Waals surface area contributed by atoms with Crippen LogP contribution in [0.3, 0.4) is 0 Å². The predicted molar refractivity (Wildman–Crippen MR) is 78.6 cm³/mol. The van der Waals surface area contributed by atoms with Crippen LogP contribution in [0.4, 0.5) is 0 Å². The normalized spacial score (nSPS) is 15.7. The van der Waals surface area contributed by atoms with E-state index in [2.05, 4.69) is 53.7 Å². The average molecular weight is 256 g/mol. The Morgan fingerprint density at radius 2 is 2.00 bits per heavy atom. The van der Waals surface area contributed by atoms with Crippen LogP contribution in [-0.4, -0.2) is 38.2 Å². The van der Waals surface area contributed by atoms with Crippen molar-refractivity contribution in [2.45, 2.75) is 12.6 Å². The fourth-order valence-corrected chi connectivity index (χ4v) is 2.63. The first kappa shape index (κ1) is 12.5. The molecule has 1 N–H and O–H groups in total. The van der Waals surface area contributed by atoms with Gasteiger partial charge >= 0.3 is 0 Å². The third-order valence-corrected chi connectivity index (χ3v) is 4.01. The van der Waals surface area contributed by atoms with Crippen LogP contribution in [-0.2, 0) is 6.54 Å². The molecule has 0 bridgehead atoms. The lowest BCUT2D eigenvalue weighted by Gasteiger charge is -2.36. The van der Waals surface area contributed by atoms with Gasteiger partial charge in [0.1, 0.15) is 5.75 Å². The molecule has 0 saturated carbocycles. The van der Waals surface area contributed by atoms with Gasteiger partial charge in [-0.2, -0.15) is 0 Å². The minimum absolute atomic E-state index is 0.642. The van der Waals surface area contributed by atoms with E-state index in [1.165, 1.54) is 16.3 Å². The predicted octanol–water partition coefficient (Wildman–Crippen LogP) is 2.25. The van der Waals surface area contributed by atoms with Crippen LogP contribution in [0, 0.1) is 0 Å². The second kappa shape index (κ2) is 5.19. The molecule has 0 aliphatic carbocycles. The maximum Gasteiger partial charge on any atom is 0.123 e. The van der Waals surface area contributed by atoms with E-state index in [4.69, 9.17) is 4.74 Å². The monoisotopic (exact) mass is 256 g/mol. The summed E-state index contributed by atoms with van der Waals surface area (Å²) in [6.07, 6.45) is 0. The van der Waals surface area contributed by atoms with E-state index in [1.54, 1.807) is 7.11 Å². The van der Waals surface area contributed by atoms with Crippen molar-refractivity contribution >= 4 is 10.8 Å². The maximum absolute atomic E-state index is 5.54. The molecular weight excluding hydrogens is 236 g/mol. The first-order chi connectivity index (χ1) is 9.29. The molecule has 0 spiro atoms. The summed E-state index contributed by atoms with van der Waals surface area (Å²) in [5.74, 6) is 0.984. The van der Waals surface area contributed by atoms with Gasteiger partial charge in [-0.25, -0.2) is 0 Å². The van der Waals surface area contributed by atoms with E-state index < -0.39 is 0 Å². The highest BCUT2D eigenvalue weighted by Gasteiger charge is 2.22. The van der Waals surface area contributed by atoms with E-state index in [9.17, 15) is 0 Å². The first-order valence-electron chi connectivity index (χ1n) is 6.75. The molecule has 2 aromatic carbocycles. The number of hydrogen-bond acceptors (Lipinski definition) is 3. The Bertz CT molecular complexity index is 578. The molecule has 0 unspecified atom stereocenters. The van der Waals surface area contributed by atoms with Crippen LogP contribution in [0.1, 0.15) is 5.56 Å². The van der Waals surface area contributed by atoms with Crippen LogP contribution in [0.15, 0.2) is 36.4 Å². The molecule has 0 radical (unpaired) electrons. The van der Waals surface area contributed by atoms with Crippen molar-refractivity contribution < 1.29 is 4.74 Å². The molecule has 0 amide bonds. The second-order valence-corrected chi connectivity index (χ2v) is 5.19. The molecule has 3 rings (SSSR count). The lowest BCUT2D eigenvalue weighted by molar-refractivity contribution is 0.172. The Labute approximate surface area is 114 Å². The number of hydrogen-bond donors (Lipinski definition) is 1. The summed E-state index contributed by atoms with van der Waals surface area (Å²) in [6.45, 7) is 3.10. The molecule has 0 atom stereocenters. The van der Waals surface area contributed by atoms with Crippen LogP contribution in [0.25, 0.3) is 10.8 Å². The molecule has 1 aliphatic heterocycles. The molecule has 19 heavy (non-hydrogen) atoms. The topological polar surface area (TPSA) is 24.5 Å². The smallest absolute Gasteiger partial charge is 0.123 e. The molecule has 3 nitrogen and oxygen atoms in total. The van der Waals surface area contributed by atoms with Gasteiger partial charge in [0, 0.05) is 31.2 Å². The number of rotatable bonds is 4. The number of nitrogens with zero attached hydrogens (tertiary/aromatic N) is 1. The number of likely N-dealkylation sites (N-methyl/N-ethyl adjacent to an activating group) is 1. The standard InChI is InChI=1S/C16H20N2O/c1-18(13-9-17-10-13)11-15-14-6-4-3-5-12(14)7-8-16(15)19-2/h3-8,13,17H,9-11H2,1-2H3. The Morgan fingerprint density at radius 3 is 2.68 bits per heavy atom. The largest absolute Gasteiger partial charge is 0.496 e. The highest BCUT2D eigenvalue weighted by atomic mass is 16.5. The third kappa shape index (κ3) is 2.31. The zero-order chi connectivity index (χ0) is 13.2. The number of nitrogens with one attached hydrogen (secondary N) is 1. The van der Waals surface area contributed by atoms with Crippen molar-refractivity contribution in [1.29, 1.82) is 0 Å². The minimum atomic E-state index is 0.642. The van der Waals surface area contributed by atoms with Gasteiger partial charge in [0.05, 0.1) is 7.11 Å². The van der Waals surface area contributed by atoms with Crippen molar-refractivity contribution in [3.05, 3.63) is 42.0 Å². The number of ether oxygens (including phenoxy) is 1. The molecule has 1 aliphatic rings. The Balaban J connectivity index is 1.98. The van der Waals surface area contributed by atoms with Gasteiger partial charge in [-0.1, -0.05) is 30.3 Å². The van der Waals surface area contributed by atoms with Gasteiger partial charge < -0.3 is 10.1 Å². The summed E-state index contributed by atoms with van der Waals surface area (Å²) in [7, 11) is 3.94. The van der Waals surface area contributed by atoms with E-state index in [-0.39, 0.29) is 0 Å². The summed E-state index contributed by atoms with van der Waals surface area (Å²) < 4.78 is 5.54. The SMILES string of the molecule is COc1ccc2ccccc2c1CN(C)C1CNC1. The highest BCUT2D eigenvalue weighted by Crippen LogP contribution is 2.29. The van der Waals surface area contributed by atoms with E-state index in [0.29, 0.717) is 6.04 Å². The summed E-state index contributed by atoms with van der Waals surface area (Å²) in [6, 6.07) is 13.4. The van der Waals surface area contributed by atoms with E-state index in [0.717, 1.165) is 25.4 Å². The molecule has 3 heteroatoms. The fraction of sp³-hybridized carbons (Fsp3) is 0.375. The van der Waals surface area contributed by atoms with Crippen molar-refractivity contribution in [2.24, 2.45) is 0 Å². The summed E-state index contributed by atoms with van der Waals surface area (Å²) >= 11 is 0. The van der Waals surface area contributed by atoms with Gasteiger partial charge in [-0.15, -0.1) is 0 Å². The number of fused-ring (bicyclic) bond motifs is 1. The second-order valence-electron chi connectivity index (χ2n) is 5.19. The highest BCUT2D eigenvalue weighted by molar-refractivity contribution is 5.87. The number of benzene rings is 2. The van der Waals surface area contributed by atoms with Crippen LogP contribution in [0.2, 0.25) is 0 Å². The third-order valence-electron chi connectivity index (χ3n) is 4.01. The van der Waals surface area contributed by atoms with Crippen molar-refractivity contribution in [3.8, 4) is 5.75 Å². The maximum atomic E-state index is 5.54. The Kier molecular flexibility index (Phi) is 3.40. The molecule has 100 valence electrons. The molecule has 2 aromatic rings. The lowest BCUT2D eigenvalue weighted by atomic mass is 10.0. The van der Waals surface area contributed by atoms with Gasteiger partial charge in [0.25, 0.3) is 0 Å². The average Bonchev–Trinajstić information content (AvgIpc) is 2.37. The zero-order valence-corrected chi connectivity index (χ0v) is 11.5. The summed E-state index contributed by atoms with van der Waals surface area (Å²) in [5.41, 5.74) is 1.29. The Morgan fingerprint density at radius 1 is 1.21 bits per heavy atom. The quantitative estimate of drug-likeness (QED) is 0.908. The van der Waals surface area contributed by atoms with Crippen LogP contribution >= 0.6 is 0 Å². The van der Waals surface area contributed by atoms with Crippen LogP contribution in [0.5, 0.6) is 5.75 Å². The first-order valence-corrected chi connectivity index (χ1v) is 6.75. The van der Waals surface area contributed by atoms with Crippen molar-refractivity contribution in [3.63, 3.8) is 0 Å². The molecule has 0 aromatic heterocycles. The van der Waals surface area contributed by atoms with Crippen molar-refractivity contribution in [1.82, 2.24) is 10.2 Å². The molecule has 1 heterocycles. The van der Waals surface area contributed by atoms with Crippen molar-refractivity contribution in [2.75, 3.05) is 27.2 Å². The number of methoxy groups -OCH3 is 1. The van der Waals surface area contributed by atoms with Crippen LogP contribution < -0.4 is 10.1 Å². The minimum Gasteiger partial charge on any atom is -0.496 e. The fourth-order valence-electron chi connectivity index (χ4n) is 2.63. The summed E-state index contributed by atoms with van der Waals surface area (Å²) in [5, 5.41) is 5.89. The Hall–Kier alpha value is -1.58. The van der Waals surface area contributed by atoms with Gasteiger partial charge in [-0.05, 0) is 23.9 Å². The van der Waals surface area contributed by atoms with Gasteiger partial charge in [0.15, 0.2) is 0 Å². The molecule has 1 fully saturated rings. The van der Waals surface area contributed by atoms with Gasteiger partial charge in [0.2, 0.25) is 0 Å². The zero-order valence-electron chi connectivity index (χ0n) is 11.5. The van der Waals surface area contributed by atoms with E-state index in [1.807, 2.05) is 0 Å². The molecule has 1 saturated heterocycles. The van der Waals surface area contributed by atoms with Gasteiger partial charge in [-0.3, -0.25) is 4.90 Å². The van der Waals surface area contributed by atoms with E-state index >= 15 is 0 Å².